The Morgan fingerprint density at radius 1 is 1.04 bits per heavy atom. The highest BCUT2D eigenvalue weighted by molar-refractivity contribution is 6.36. The standard InChI is InChI=1S/C20H21Cl2N3O3/c1-3-9-25(12-19(27)24-18-8-7-15(21)11-17(18)22)20(28)14-5-4-6-16(10-14)23-13(2)26/h4-8,10-11H,3,9,12H2,1-2H3,(H,23,26)(H,24,27). The first kappa shape index (κ1) is 21.7. The van der Waals surface area contributed by atoms with Crippen molar-refractivity contribution >= 4 is 52.3 Å². The van der Waals surface area contributed by atoms with E-state index in [0.717, 1.165) is 0 Å². The Balaban J connectivity index is 2.12. The molecule has 0 aliphatic heterocycles. The Hall–Kier alpha value is -2.57. The maximum atomic E-state index is 12.9. The van der Waals surface area contributed by atoms with Crippen LogP contribution in [0.25, 0.3) is 0 Å². The minimum atomic E-state index is -0.371. The third-order valence-corrected chi connectivity index (χ3v) is 4.30. The molecule has 0 bridgehead atoms. The Morgan fingerprint density at radius 3 is 2.43 bits per heavy atom. The van der Waals surface area contributed by atoms with E-state index in [1.54, 1.807) is 36.4 Å². The monoisotopic (exact) mass is 421 g/mol. The Kier molecular flexibility index (Phi) is 7.84. The van der Waals surface area contributed by atoms with Crippen LogP contribution < -0.4 is 10.6 Å². The number of carbonyl (C=O) groups is 3. The number of halogens is 2. The third kappa shape index (κ3) is 6.25. The van der Waals surface area contributed by atoms with E-state index in [1.807, 2.05) is 6.92 Å². The van der Waals surface area contributed by atoms with E-state index in [9.17, 15) is 14.4 Å². The Labute approximate surface area is 173 Å². The molecule has 0 fully saturated rings. The quantitative estimate of drug-likeness (QED) is 0.693. The van der Waals surface area contributed by atoms with Gasteiger partial charge in [-0.3, -0.25) is 14.4 Å². The first-order valence-corrected chi connectivity index (χ1v) is 9.47. The Bertz CT molecular complexity index is 887. The zero-order valence-corrected chi connectivity index (χ0v) is 17.1. The van der Waals surface area contributed by atoms with Crippen LogP contribution in [0.15, 0.2) is 42.5 Å². The van der Waals surface area contributed by atoms with Crippen molar-refractivity contribution < 1.29 is 14.4 Å². The van der Waals surface area contributed by atoms with E-state index < -0.39 is 0 Å². The highest BCUT2D eigenvalue weighted by Crippen LogP contribution is 2.25. The van der Waals surface area contributed by atoms with Gasteiger partial charge < -0.3 is 15.5 Å². The molecule has 0 saturated carbocycles. The minimum absolute atomic E-state index is 0.129. The van der Waals surface area contributed by atoms with Crippen LogP contribution in [0.3, 0.4) is 0 Å². The van der Waals surface area contributed by atoms with Gasteiger partial charge in [0.2, 0.25) is 11.8 Å². The van der Waals surface area contributed by atoms with E-state index in [4.69, 9.17) is 23.2 Å². The van der Waals surface area contributed by atoms with Crippen LogP contribution in [0.4, 0.5) is 11.4 Å². The molecule has 0 spiro atoms. The van der Waals surface area contributed by atoms with Crippen molar-refractivity contribution in [1.82, 2.24) is 4.90 Å². The molecule has 2 aromatic carbocycles. The summed E-state index contributed by atoms with van der Waals surface area (Å²) in [5.41, 5.74) is 1.33. The van der Waals surface area contributed by atoms with Crippen molar-refractivity contribution in [2.45, 2.75) is 20.3 Å². The molecule has 0 aliphatic carbocycles. The van der Waals surface area contributed by atoms with Gasteiger partial charge in [-0.05, 0) is 42.8 Å². The number of amides is 3. The summed E-state index contributed by atoms with van der Waals surface area (Å²) < 4.78 is 0. The molecule has 8 heteroatoms. The van der Waals surface area contributed by atoms with Gasteiger partial charge in [0.15, 0.2) is 0 Å². The smallest absolute Gasteiger partial charge is 0.254 e. The summed E-state index contributed by atoms with van der Waals surface area (Å²) >= 11 is 11.9. The summed E-state index contributed by atoms with van der Waals surface area (Å²) in [5, 5.41) is 6.11. The summed E-state index contributed by atoms with van der Waals surface area (Å²) in [7, 11) is 0. The fourth-order valence-corrected chi connectivity index (χ4v) is 3.05. The topological polar surface area (TPSA) is 78.5 Å². The van der Waals surface area contributed by atoms with Gasteiger partial charge in [-0.2, -0.15) is 0 Å². The first-order chi connectivity index (χ1) is 13.3. The molecule has 0 radical (unpaired) electrons. The summed E-state index contributed by atoms with van der Waals surface area (Å²) in [6.07, 6.45) is 0.687. The second-order valence-electron chi connectivity index (χ2n) is 6.16. The van der Waals surface area contributed by atoms with Crippen molar-refractivity contribution in [1.29, 1.82) is 0 Å². The number of hydrogen-bond acceptors (Lipinski definition) is 3. The van der Waals surface area contributed by atoms with Crippen LogP contribution in [0.5, 0.6) is 0 Å². The molecule has 0 aromatic heterocycles. The molecule has 3 amide bonds. The van der Waals surface area contributed by atoms with E-state index in [2.05, 4.69) is 10.6 Å². The molecule has 2 N–H and O–H groups in total. The van der Waals surface area contributed by atoms with Crippen molar-refractivity contribution in [2.75, 3.05) is 23.7 Å². The van der Waals surface area contributed by atoms with Gasteiger partial charge in [0.25, 0.3) is 5.91 Å². The summed E-state index contributed by atoms with van der Waals surface area (Å²) in [6, 6.07) is 11.3. The molecule has 28 heavy (non-hydrogen) atoms. The van der Waals surface area contributed by atoms with Crippen LogP contribution in [-0.4, -0.2) is 35.7 Å². The second-order valence-corrected chi connectivity index (χ2v) is 7.00. The maximum Gasteiger partial charge on any atom is 0.254 e. The van der Waals surface area contributed by atoms with Crippen LogP contribution >= 0.6 is 23.2 Å². The lowest BCUT2D eigenvalue weighted by Crippen LogP contribution is -2.38. The number of benzene rings is 2. The lowest BCUT2D eigenvalue weighted by molar-refractivity contribution is -0.117. The first-order valence-electron chi connectivity index (χ1n) is 8.72. The number of anilines is 2. The molecular weight excluding hydrogens is 401 g/mol. The predicted octanol–water partition coefficient (Wildman–Crippen LogP) is 4.44. The van der Waals surface area contributed by atoms with Crippen molar-refractivity contribution in [3.8, 4) is 0 Å². The van der Waals surface area contributed by atoms with Gasteiger partial charge in [0, 0.05) is 29.7 Å². The highest BCUT2D eigenvalue weighted by Gasteiger charge is 2.19. The van der Waals surface area contributed by atoms with E-state index in [-0.39, 0.29) is 24.3 Å². The fourth-order valence-electron chi connectivity index (χ4n) is 2.59. The lowest BCUT2D eigenvalue weighted by atomic mass is 10.1. The van der Waals surface area contributed by atoms with Gasteiger partial charge in [-0.1, -0.05) is 36.2 Å². The van der Waals surface area contributed by atoms with Crippen LogP contribution in [-0.2, 0) is 9.59 Å². The zero-order valence-electron chi connectivity index (χ0n) is 15.6. The van der Waals surface area contributed by atoms with Gasteiger partial charge in [0.1, 0.15) is 6.54 Å². The number of hydrogen-bond donors (Lipinski definition) is 2. The zero-order chi connectivity index (χ0) is 20.7. The number of rotatable bonds is 7. The maximum absolute atomic E-state index is 12.9. The average Bonchev–Trinajstić information content (AvgIpc) is 2.63. The van der Waals surface area contributed by atoms with Crippen LogP contribution in [0, 0.1) is 0 Å². The van der Waals surface area contributed by atoms with Gasteiger partial charge in [0.05, 0.1) is 10.7 Å². The molecule has 6 nitrogen and oxygen atoms in total. The molecule has 0 aliphatic rings. The summed E-state index contributed by atoms with van der Waals surface area (Å²) in [5.74, 6) is -0.898. The van der Waals surface area contributed by atoms with Gasteiger partial charge >= 0.3 is 0 Å². The SMILES string of the molecule is CCCN(CC(=O)Nc1ccc(Cl)cc1Cl)C(=O)c1cccc(NC(C)=O)c1. The van der Waals surface area contributed by atoms with Crippen LogP contribution in [0.2, 0.25) is 10.0 Å². The minimum Gasteiger partial charge on any atom is -0.329 e. The molecule has 0 atom stereocenters. The second kappa shape index (κ2) is 10.1. The molecule has 2 aromatic rings. The summed E-state index contributed by atoms with van der Waals surface area (Å²) in [4.78, 5) is 38.0. The molecule has 0 unspecified atom stereocenters. The van der Waals surface area contributed by atoms with E-state index >= 15 is 0 Å². The third-order valence-electron chi connectivity index (χ3n) is 3.75. The fraction of sp³-hybridized carbons (Fsp3) is 0.250. The van der Waals surface area contributed by atoms with Crippen molar-refractivity contribution in [3.63, 3.8) is 0 Å². The average molecular weight is 422 g/mol. The lowest BCUT2D eigenvalue weighted by Gasteiger charge is -2.22. The summed E-state index contributed by atoms with van der Waals surface area (Å²) in [6.45, 7) is 3.59. The van der Waals surface area contributed by atoms with Crippen LogP contribution in [0.1, 0.15) is 30.6 Å². The molecule has 2 rings (SSSR count). The number of nitrogens with one attached hydrogen (secondary N) is 2. The number of nitrogens with zero attached hydrogens (tertiary/aromatic N) is 1. The van der Waals surface area contributed by atoms with Crippen molar-refractivity contribution in [2.24, 2.45) is 0 Å². The van der Waals surface area contributed by atoms with Crippen molar-refractivity contribution in [3.05, 3.63) is 58.1 Å². The van der Waals surface area contributed by atoms with E-state index in [0.29, 0.717) is 39.9 Å². The molecular formula is C20H21Cl2N3O3. The van der Waals surface area contributed by atoms with E-state index in [1.165, 1.54) is 17.9 Å². The molecule has 148 valence electrons. The number of carbonyl (C=O) groups excluding carboxylic acids is 3. The molecule has 0 saturated heterocycles. The molecule has 0 heterocycles. The van der Waals surface area contributed by atoms with Gasteiger partial charge in [-0.15, -0.1) is 0 Å². The highest BCUT2D eigenvalue weighted by atomic mass is 35.5. The van der Waals surface area contributed by atoms with Gasteiger partial charge in [-0.25, -0.2) is 0 Å². The largest absolute Gasteiger partial charge is 0.329 e. The predicted molar refractivity (Wildman–Crippen MR) is 112 cm³/mol. The Morgan fingerprint density at radius 2 is 1.79 bits per heavy atom. The normalized spacial score (nSPS) is 10.3.